The molecule has 1 aliphatic heterocycles. The molecule has 1 saturated carbocycles. The normalized spacial score (nSPS) is 32.8. The Morgan fingerprint density at radius 2 is 1.87 bits per heavy atom. The van der Waals surface area contributed by atoms with Gasteiger partial charge in [-0.15, -0.1) is 0 Å². The summed E-state index contributed by atoms with van der Waals surface area (Å²) in [5.41, 5.74) is -0.349. The van der Waals surface area contributed by atoms with Gasteiger partial charge < -0.3 is 5.11 Å². The Hall–Kier alpha value is -0.0800. The molecule has 15 heavy (non-hydrogen) atoms. The van der Waals surface area contributed by atoms with Gasteiger partial charge in [0.05, 0.1) is 5.60 Å². The van der Waals surface area contributed by atoms with E-state index in [0.29, 0.717) is 6.04 Å². The molecule has 2 nitrogen and oxygen atoms in total. The van der Waals surface area contributed by atoms with Gasteiger partial charge in [0, 0.05) is 12.6 Å². The van der Waals surface area contributed by atoms with Crippen molar-refractivity contribution in [3.63, 3.8) is 0 Å². The van der Waals surface area contributed by atoms with E-state index >= 15 is 0 Å². The summed E-state index contributed by atoms with van der Waals surface area (Å²) < 4.78 is 0. The van der Waals surface area contributed by atoms with Crippen molar-refractivity contribution in [3.05, 3.63) is 0 Å². The highest BCUT2D eigenvalue weighted by Crippen LogP contribution is 2.31. The molecule has 1 heterocycles. The molecule has 1 unspecified atom stereocenters. The summed E-state index contributed by atoms with van der Waals surface area (Å²) in [6, 6.07) is 0.678. The number of β-amino-alcohol motifs (C(OH)–C–C–N with tert-alkyl or cyclic N) is 1. The molecule has 0 spiro atoms. The number of hydrogen-bond donors (Lipinski definition) is 1. The molecule has 1 N–H and O–H groups in total. The summed E-state index contributed by atoms with van der Waals surface area (Å²) in [7, 11) is 0. The van der Waals surface area contributed by atoms with Crippen LogP contribution in [0.5, 0.6) is 0 Å². The predicted octanol–water partition coefficient (Wildman–Crippen LogP) is 2.56. The monoisotopic (exact) mass is 211 g/mol. The molecule has 2 fully saturated rings. The first kappa shape index (κ1) is 11.4. The Morgan fingerprint density at radius 1 is 1.13 bits per heavy atom. The van der Waals surface area contributed by atoms with Gasteiger partial charge >= 0.3 is 0 Å². The third-order valence-corrected chi connectivity index (χ3v) is 4.22. The second kappa shape index (κ2) is 4.84. The Bertz CT molecular complexity index is 199. The van der Waals surface area contributed by atoms with Gasteiger partial charge in [0.15, 0.2) is 0 Å². The minimum absolute atomic E-state index is 0.349. The molecule has 0 amide bonds. The molecule has 1 atom stereocenters. The van der Waals surface area contributed by atoms with Crippen molar-refractivity contribution in [1.82, 2.24) is 4.90 Å². The maximum Gasteiger partial charge on any atom is 0.0774 e. The van der Waals surface area contributed by atoms with Crippen LogP contribution in [0.4, 0.5) is 0 Å². The lowest BCUT2D eigenvalue weighted by molar-refractivity contribution is -0.000546. The topological polar surface area (TPSA) is 23.5 Å². The van der Waals surface area contributed by atoms with Crippen molar-refractivity contribution >= 4 is 0 Å². The SMILES string of the molecule is CC1CCCCCN1CC1(O)CCCC1. The third-order valence-electron chi connectivity index (χ3n) is 4.22. The first-order valence-electron chi connectivity index (χ1n) is 6.66. The van der Waals surface area contributed by atoms with Gasteiger partial charge in [-0.1, -0.05) is 25.7 Å². The number of likely N-dealkylation sites (tertiary alicyclic amines) is 1. The van der Waals surface area contributed by atoms with E-state index in [1.54, 1.807) is 0 Å². The Morgan fingerprint density at radius 3 is 2.60 bits per heavy atom. The largest absolute Gasteiger partial charge is 0.389 e. The van der Waals surface area contributed by atoms with Crippen LogP contribution < -0.4 is 0 Å². The van der Waals surface area contributed by atoms with E-state index in [1.165, 1.54) is 45.1 Å². The minimum Gasteiger partial charge on any atom is -0.389 e. The Kier molecular flexibility index (Phi) is 3.68. The lowest BCUT2D eigenvalue weighted by Crippen LogP contribution is -2.45. The van der Waals surface area contributed by atoms with Gasteiger partial charge in [-0.25, -0.2) is 0 Å². The van der Waals surface area contributed by atoms with Crippen LogP contribution in [0.1, 0.15) is 58.3 Å². The molecule has 0 aromatic rings. The lowest BCUT2D eigenvalue weighted by atomic mass is 10.0. The van der Waals surface area contributed by atoms with Crippen molar-refractivity contribution in [1.29, 1.82) is 0 Å². The highest BCUT2D eigenvalue weighted by Gasteiger charge is 2.34. The van der Waals surface area contributed by atoms with Crippen LogP contribution in [-0.4, -0.2) is 34.7 Å². The van der Waals surface area contributed by atoms with Crippen molar-refractivity contribution in [2.24, 2.45) is 0 Å². The van der Waals surface area contributed by atoms with Gasteiger partial charge in [0.2, 0.25) is 0 Å². The van der Waals surface area contributed by atoms with Crippen LogP contribution in [0.25, 0.3) is 0 Å². The minimum atomic E-state index is -0.349. The molecule has 2 aliphatic rings. The summed E-state index contributed by atoms with van der Waals surface area (Å²) in [4.78, 5) is 2.53. The first-order valence-corrected chi connectivity index (χ1v) is 6.66. The van der Waals surface area contributed by atoms with Gasteiger partial charge in [-0.05, 0) is 39.2 Å². The van der Waals surface area contributed by atoms with Gasteiger partial charge in [-0.3, -0.25) is 4.90 Å². The van der Waals surface area contributed by atoms with Gasteiger partial charge in [-0.2, -0.15) is 0 Å². The Labute approximate surface area is 93.7 Å². The molecule has 0 bridgehead atoms. The van der Waals surface area contributed by atoms with Gasteiger partial charge in [0.1, 0.15) is 0 Å². The fourth-order valence-electron chi connectivity index (χ4n) is 3.14. The number of hydrogen-bond acceptors (Lipinski definition) is 2. The molecule has 2 rings (SSSR count). The van der Waals surface area contributed by atoms with Crippen LogP contribution >= 0.6 is 0 Å². The van der Waals surface area contributed by atoms with Gasteiger partial charge in [0.25, 0.3) is 0 Å². The highest BCUT2D eigenvalue weighted by atomic mass is 16.3. The van der Waals surface area contributed by atoms with E-state index in [9.17, 15) is 5.11 Å². The molecular weight excluding hydrogens is 186 g/mol. The van der Waals surface area contributed by atoms with Crippen molar-refractivity contribution < 1.29 is 5.11 Å². The maximum absolute atomic E-state index is 10.4. The van der Waals surface area contributed by atoms with Crippen LogP contribution in [0.3, 0.4) is 0 Å². The van der Waals surface area contributed by atoms with Crippen LogP contribution in [0.2, 0.25) is 0 Å². The number of aliphatic hydroxyl groups is 1. The molecule has 1 saturated heterocycles. The van der Waals surface area contributed by atoms with E-state index in [2.05, 4.69) is 11.8 Å². The summed E-state index contributed by atoms with van der Waals surface area (Å²) >= 11 is 0. The summed E-state index contributed by atoms with van der Waals surface area (Å²) in [5.74, 6) is 0. The van der Waals surface area contributed by atoms with E-state index in [4.69, 9.17) is 0 Å². The van der Waals surface area contributed by atoms with Crippen LogP contribution in [-0.2, 0) is 0 Å². The zero-order chi connectivity index (χ0) is 10.7. The second-order valence-corrected chi connectivity index (χ2v) is 5.60. The maximum atomic E-state index is 10.4. The molecule has 88 valence electrons. The highest BCUT2D eigenvalue weighted by molar-refractivity contribution is 4.89. The van der Waals surface area contributed by atoms with E-state index in [1.807, 2.05) is 0 Å². The smallest absolute Gasteiger partial charge is 0.0774 e. The van der Waals surface area contributed by atoms with E-state index in [-0.39, 0.29) is 5.60 Å². The fourth-order valence-corrected chi connectivity index (χ4v) is 3.14. The summed E-state index contributed by atoms with van der Waals surface area (Å²) in [6.45, 7) is 4.45. The third kappa shape index (κ3) is 2.94. The summed E-state index contributed by atoms with van der Waals surface area (Å²) in [6.07, 6.45) is 9.87. The molecule has 0 aromatic carbocycles. The quantitative estimate of drug-likeness (QED) is 0.759. The molecular formula is C13H25NO. The number of nitrogens with zero attached hydrogens (tertiary/aromatic N) is 1. The predicted molar refractivity (Wildman–Crippen MR) is 62.9 cm³/mol. The molecule has 2 heteroatoms. The lowest BCUT2D eigenvalue weighted by Gasteiger charge is -2.34. The number of rotatable bonds is 2. The van der Waals surface area contributed by atoms with Crippen LogP contribution in [0, 0.1) is 0 Å². The summed E-state index contributed by atoms with van der Waals surface area (Å²) in [5, 5.41) is 10.4. The van der Waals surface area contributed by atoms with Crippen molar-refractivity contribution in [2.45, 2.75) is 69.9 Å². The molecule has 1 aliphatic carbocycles. The first-order chi connectivity index (χ1) is 7.20. The van der Waals surface area contributed by atoms with E-state index in [0.717, 1.165) is 19.4 Å². The van der Waals surface area contributed by atoms with Crippen molar-refractivity contribution in [3.8, 4) is 0 Å². The van der Waals surface area contributed by atoms with Crippen molar-refractivity contribution in [2.75, 3.05) is 13.1 Å². The zero-order valence-corrected chi connectivity index (χ0v) is 10.0. The van der Waals surface area contributed by atoms with Crippen LogP contribution in [0.15, 0.2) is 0 Å². The average molecular weight is 211 g/mol. The van der Waals surface area contributed by atoms with E-state index < -0.39 is 0 Å². The standard InChI is InChI=1S/C13H25NO/c1-12-7-3-2-6-10-14(12)11-13(15)8-4-5-9-13/h12,15H,2-11H2,1H3. The zero-order valence-electron chi connectivity index (χ0n) is 10.0. The molecule has 0 radical (unpaired) electrons. The Balaban J connectivity index is 1.90. The average Bonchev–Trinajstić information content (AvgIpc) is 2.53. The fraction of sp³-hybridized carbons (Fsp3) is 1.00. The molecule has 0 aromatic heterocycles. The second-order valence-electron chi connectivity index (χ2n) is 5.60.